The summed E-state index contributed by atoms with van der Waals surface area (Å²) < 4.78 is 2.51. The second-order valence-electron chi connectivity index (χ2n) is 14.2. The van der Waals surface area contributed by atoms with Gasteiger partial charge >= 0.3 is 0 Å². The van der Waals surface area contributed by atoms with Crippen LogP contribution >= 0.6 is 0 Å². The molecule has 0 radical (unpaired) electrons. The van der Waals surface area contributed by atoms with Gasteiger partial charge in [-0.25, -0.2) is 9.97 Å². The quantitative estimate of drug-likeness (QED) is 0.187. The highest BCUT2D eigenvalue weighted by Crippen LogP contribution is 2.53. The van der Waals surface area contributed by atoms with Gasteiger partial charge in [0.25, 0.3) is 0 Å². The Morgan fingerprint density at radius 1 is 0.462 bits per heavy atom. The molecule has 0 saturated carbocycles. The van der Waals surface area contributed by atoms with Gasteiger partial charge in [0.15, 0.2) is 5.82 Å². The van der Waals surface area contributed by atoms with Gasteiger partial charge in [0.1, 0.15) is 0 Å². The normalized spacial score (nSPS) is 13.0. The number of rotatable bonds is 4. The summed E-state index contributed by atoms with van der Waals surface area (Å²) >= 11 is 0. The highest BCUT2D eigenvalue weighted by Gasteiger charge is 2.36. The van der Waals surface area contributed by atoms with Crippen molar-refractivity contribution in [2.24, 2.45) is 0 Å². The molecule has 0 unspecified atom stereocenters. The fourth-order valence-electron chi connectivity index (χ4n) is 8.31. The summed E-state index contributed by atoms with van der Waals surface area (Å²) in [5, 5.41) is 3.72. The minimum atomic E-state index is -0.190. The molecule has 246 valence electrons. The average Bonchev–Trinajstić information content (AvgIpc) is 3.53. The number of fused-ring (bicyclic) bond motifs is 9. The minimum Gasteiger partial charge on any atom is -0.308 e. The van der Waals surface area contributed by atoms with Crippen molar-refractivity contribution in [2.75, 3.05) is 0 Å². The Bertz CT molecular complexity index is 2740. The van der Waals surface area contributed by atoms with E-state index >= 15 is 0 Å². The van der Waals surface area contributed by atoms with Gasteiger partial charge in [-0.2, -0.15) is 0 Å². The van der Waals surface area contributed by atoms with Gasteiger partial charge in [-0.3, -0.25) is 0 Å². The van der Waals surface area contributed by atoms with Crippen molar-refractivity contribution in [3.8, 4) is 62.0 Å². The van der Waals surface area contributed by atoms with Crippen LogP contribution in [-0.4, -0.2) is 14.5 Å². The molecule has 0 amide bonds. The summed E-state index contributed by atoms with van der Waals surface area (Å²) in [6.07, 6.45) is 0. The van der Waals surface area contributed by atoms with Gasteiger partial charge in [-0.15, -0.1) is 0 Å². The van der Waals surface area contributed by atoms with E-state index in [9.17, 15) is 0 Å². The lowest BCUT2D eigenvalue weighted by Gasteiger charge is -2.28. The van der Waals surface area contributed by atoms with Crippen LogP contribution in [0.25, 0.3) is 83.6 Å². The fourth-order valence-corrected chi connectivity index (χ4v) is 8.31. The lowest BCUT2D eigenvalue weighted by Crippen LogP contribution is -2.20. The van der Waals surface area contributed by atoms with Gasteiger partial charge in [0, 0.05) is 49.7 Å². The van der Waals surface area contributed by atoms with Gasteiger partial charge < -0.3 is 4.57 Å². The van der Waals surface area contributed by atoms with E-state index in [1.165, 1.54) is 55.2 Å². The molecule has 7 aromatic carbocycles. The molecule has 0 N–H and O–H groups in total. The molecular formula is C49H35N3. The first-order chi connectivity index (χ1) is 25.6. The summed E-state index contributed by atoms with van der Waals surface area (Å²) in [5.74, 6) is 0.715. The van der Waals surface area contributed by atoms with Crippen molar-refractivity contribution in [1.82, 2.24) is 14.5 Å². The molecule has 3 nitrogen and oxygen atoms in total. The van der Waals surface area contributed by atoms with Crippen molar-refractivity contribution >= 4 is 21.7 Å². The second-order valence-corrected chi connectivity index (χ2v) is 14.2. The first-order valence-electron chi connectivity index (χ1n) is 17.9. The van der Waals surface area contributed by atoms with Crippen molar-refractivity contribution in [1.29, 1.82) is 0 Å². The molecule has 0 aliphatic heterocycles. The molecule has 0 atom stereocenters. The Hall–Kier alpha value is -6.58. The molecule has 3 heteroatoms. The number of nitrogens with zero attached hydrogens (tertiary/aromatic N) is 3. The highest BCUT2D eigenvalue weighted by molar-refractivity contribution is 6.17. The van der Waals surface area contributed by atoms with Crippen LogP contribution in [0.4, 0.5) is 0 Å². The zero-order chi connectivity index (χ0) is 34.8. The summed E-state index contributed by atoms with van der Waals surface area (Å²) in [5.41, 5.74) is 14.8. The predicted octanol–water partition coefficient (Wildman–Crippen LogP) is 12.5. The molecule has 10 rings (SSSR count). The number of benzene rings is 7. The summed E-state index contributed by atoms with van der Waals surface area (Å²) in [6.45, 7) is 4.73. The van der Waals surface area contributed by atoms with Crippen LogP contribution in [-0.2, 0) is 5.41 Å². The highest BCUT2D eigenvalue weighted by atomic mass is 15.0. The van der Waals surface area contributed by atoms with Crippen LogP contribution in [0.2, 0.25) is 0 Å². The topological polar surface area (TPSA) is 30.7 Å². The Morgan fingerprint density at radius 3 is 1.73 bits per heavy atom. The third-order valence-corrected chi connectivity index (χ3v) is 10.8. The number of hydrogen-bond acceptors (Lipinski definition) is 2. The first-order valence-corrected chi connectivity index (χ1v) is 17.9. The first kappa shape index (κ1) is 30.3. The smallest absolute Gasteiger partial charge is 0.160 e. The molecule has 0 fully saturated rings. The maximum Gasteiger partial charge on any atom is 0.160 e. The van der Waals surface area contributed by atoms with Crippen LogP contribution in [0.5, 0.6) is 0 Å². The fraction of sp³-hybridized carbons (Fsp3) is 0.0612. The number of hydrogen-bond donors (Lipinski definition) is 0. The zero-order valence-corrected chi connectivity index (χ0v) is 29.1. The third-order valence-electron chi connectivity index (χ3n) is 10.8. The van der Waals surface area contributed by atoms with E-state index in [0.717, 1.165) is 33.8 Å². The monoisotopic (exact) mass is 665 g/mol. The molecule has 52 heavy (non-hydrogen) atoms. The van der Waals surface area contributed by atoms with Crippen molar-refractivity contribution < 1.29 is 0 Å². The van der Waals surface area contributed by atoms with Crippen LogP contribution in [0.3, 0.4) is 0 Å². The van der Waals surface area contributed by atoms with Crippen LogP contribution < -0.4 is 0 Å². The lowest BCUT2D eigenvalue weighted by molar-refractivity contribution is 0.646. The Labute approximate surface area is 303 Å². The van der Waals surface area contributed by atoms with E-state index in [-0.39, 0.29) is 5.41 Å². The number of aromatic nitrogens is 3. The maximum atomic E-state index is 5.12. The molecule has 0 spiro atoms. The molecule has 2 heterocycles. The molecule has 0 saturated heterocycles. The van der Waals surface area contributed by atoms with E-state index in [0.29, 0.717) is 5.82 Å². The van der Waals surface area contributed by atoms with Crippen LogP contribution in [0.1, 0.15) is 25.0 Å². The maximum absolute atomic E-state index is 5.12. The molecule has 0 bridgehead atoms. The van der Waals surface area contributed by atoms with E-state index in [2.05, 4.69) is 170 Å². The van der Waals surface area contributed by atoms with Gasteiger partial charge in [0.2, 0.25) is 0 Å². The predicted molar refractivity (Wildman–Crippen MR) is 216 cm³/mol. The summed E-state index contributed by atoms with van der Waals surface area (Å²) in [4.78, 5) is 10.1. The SMILES string of the molecule is CC1(C)c2ccccc2-c2c(n(-c3ccc(-c4cc(-c5ccccc5)nc(-c5ccccc5)n4)cc3)c3c2ccc2ccccc23)-c2ccccc21. The summed E-state index contributed by atoms with van der Waals surface area (Å²) in [6, 6.07) is 63.0. The van der Waals surface area contributed by atoms with E-state index in [4.69, 9.17) is 9.97 Å². The van der Waals surface area contributed by atoms with Crippen LogP contribution in [0.15, 0.2) is 176 Å². The van der Waals surface area contributed by atoms with Crippen molar-refractivity contribution in [2.45, 2.75) is 19.3 Å². The minimum absolute atomic E-state index is 0.190. The molecular weight excluding hydrogens is 631 g/mol. The molecule has 9 aromatic rings. The summed E-state index contributed by atoms with van der Waals surface area (Å²) in [7, 11) is 0. The Balaban J connectivity index is 1.24. The average molecular weight is 666 g/mol. The third kappa shape index (κ3) is 4.66. The standard InChI is InChI=1S/C49H35N3/c1-49(2)41-23-13-11-21-38(41)45-40-30-27-32-15-9-10-20-37(32)46(40)52(47(45)39-22-12-14-24-42(39)49)36-28-25-34(26-29-36)44-31-43(33-16-5-3-6-17-33)50-48(51-44)35-18-7-4-8-19-35/h3-31H,1-2H3. The lowest BCUT2D eigenvalue weighted by atomic mass is 9.75. The van der Waals surface area contributed by atoms with E-state index in [1.54, 1.807) is 0 Å². The molecule has 2 aromatic heterocycles. The Morgan fingerprint density at radius 2 is 1.02 bits per heavy atom. The van der Waals surface area contributed by atoms with Crippen molar-refractivity contribution in [3.63, 3.8) is 0 Å². The van der Waals surface area contributed by atoms with Gasteiger partial charge in [0.05, 0.1) is 22.6 Å². The molecule has 1 aliphatic rings. The zero-order valence-electron chi connectivity index (χ0n) is 29.1. The largest absolute Gasteiger partial charge is 0.308 e. The Kier molecular flexibility index (Phi) is 6.84. The van der Waals surface area contributed by atoms with E-state index < -0.39 is 0 Å². The second kappa shape index (κ2) is 11.8. The van der Waals surface area contributed by atoms with Crippen LogP contribution in [0, 0.1) is 0 Å². The molecule has 1 aliphatic carbocycles. The van der Waals surface area contributed by atoms with E-state index in [1.807, 2.05) is 24.3 Å². The van der Waals surface area contributed by atoms with Gasteiger partial charge in [-0.05, 0) is 40.3 Å². The van der Waals surface area contributed by atoms with Crippen molar-refractivity contribution in [3.05, 3.63) is 187 Å². The van der Waals surface area contributed by atoms with Gasteiger partial charge in [-0.1, -0.05) is 172 Å².